The maximum atomic E-state index is 13.0. The molecule has 0 radical (unpaired) electrons. The molecule has 3 rings (SSSR count). The number of carbonyl (C=O) groups is 1. The highest BCUT2D eigenvalue weighted by atomic mass is 19.1. The van der Waals surface area contributed by atoms with Crippen molar-refractivity contribution in [1.82, 2.24) is 5.32 Å². The molecule has 0 aromatic heterocycles. The number of aliphatic hydroxyl groups excluding tert-OH is 1. The quantitative estimate of drug-likeness (QED) is 0.886. The van der Waals surface area contributed by atoms with Crippen LogP contribution in [0.2, 0.25) is 0 Å². The fraction of sp³-hybridized carbons (Fsp3) is 0.316. The molecule has 1 heterocycles. The van der Waals surface area contributed by atoms with Crippen LogP contribution in [0.3, 0.4) is 0 Å². The summed E-state index contributed by atoms with van der Waals surface area (Å²) in [6.07, 6.45) is 1.34. The molecule has 0 unspecified atom stereocenters. The Morgan fingerprint density at radius 2 is 2.04 bits per heavy atom. The number of carbonyl (C=O) groups excluding carboxylic acids is 1. The average Bonchev–Trinajstić information content (AvgIpc) is 2.89. The number of hydrogen-bond donors (Lipinski definition) is 2. The molecule has 1 amide bonds. The molecule has 0 saturated carbocycles. The summed E-state index contributed by atoms with van der Waals surface area (Å²) < 4.78 is 19.1. The molecule has 2 aromatic rings. The van der Waals surface area contributed by atoms with Crippen LogP contribution in [0.5, 0.6) is 5.75 Å². The van der Waals surface area contributed by atoms with Crippen molar-refractivity contribution in [3.8, 4) is 5.75 Å². The largest absolute Gasteiger partial charge is 0.487 e. The van der Waals surface area contributed by atoms with Crippen LogP contribution in [0.25, 0.3) is 0 Å². The van der Waals surface area contributed by atoms with Crippen LogP contribution < -0.4 is 10.1 Å². The molecule has 0 spiro atoms. The van der Waals surface area contributed by atoms with Crippen molar-refractivity contribution >= 4 is 5.91 Å². The molecule has 5 heteroatoms. The first kappa shape index (κ1) is 16.5. The molecule has 0 fully saturated rings. The van der Waals surface area contributed by atoms with Crippen LogP contribution >= 0.6 is 0 Å². The molecular formula is C19H20FNO3. The van der Waals surface area contributed by atoms with Gasteiger partial charge in [-0.3, -0.25) is 4.79 Å². The fourth-order valence-electron chi connectivity index (χ4n) is 3.07. The molecule has 126 valence electrons. The second-order valence-corrected chi connectivity index (χ2v) is 6.33. The number of rotatable bonds is 5. The minimum Gasteiger partial charge on any atom is -0.487 e. The lowest BCUT2D eigenvalue weighted by Gasteiger charge is -2.24. The number of benzene rings is 2. The van der Waals surface area contributed by atoms with E-state index in [1.165, 1.54) is 12.1 Å². The molecule has 4 nitrogen and oxygen atoms in total. The maximum Gasteiger partial charge on any atom is 0.251 e. The van der Waals surface area contributed by atoms with E-state index in [4.69, 9.17) is 9.84 Å². The Kier molecular flexibility index (Phi) is 4.53. The SMILES string of the molecule is C[C@]1(Cc2ccc(F)cc2)Cc2cc(C(=O)NCCO)ccc2O1. The van der Waals surface area contributed by atoms with Gasteiger partial charge in [-0.15, -0.1) is 0 Å². The summed E-state index contributed by atoms with van der Waals surface area (Å²) in [7, 11) is 0. The molecule has 0 aliphatic carbocycles. The molecule has 1 aliphatic rings. The zero-order valence-electron chi connectivity index (χ0n) is 13.5. The van der Waals surface area contributed by atoms with E-state index in [2.05, 4.69) is 5.32 Å². The molecule has 0 saturated heterocycles. The third kappa shape index (κ3) is 3.57. The summed E-state index contributed by atoms with van der Waals surface area (Å²) in [5.41, 5.74) is 2.13. The molecule has 24 heavy (non-hydrogen) atoms. The van der Waals surface area contributed by atoms with Crippen LogP contribution in [-0.4, -0.2) is 29.8 Å². The van der Waals surface area contributed by atoms with Gasteiger partial charge in [-0.05, 0) is 48.4 Å². The molecule has 1 aliphatic heterocycles. The first-order valence-corrected chi connectivity index (χ1v) is 7.94. The number of aliphatic hydroxyl groups is 1. The van der Waals surface area contributed by atoms with Gasteiger partial charge in [0.15, 0.2) is 0 Å². The van der Waals surface area contributed by atoms with Crippen molar-refractivity contribution in [2.45, 2.75) is 25.4 Å². The van der Waals surface area contributed by atoms with Gasteiger partial charge in [0.1, 0.15) is 17.2 Å². The van der Waals surface area contributed by atoms with Gasteiger partial charge in [0, 0.05) is 24.9 Å². The van der Waals surface area contributed by atoms with E-state index in [1.807, 2.05) is 13.0 Å². The normalized spacial score (nSPS) is 18.8. The lowest BCUT2D eigenvalue weighted by molar-refractivity contribution is 0.0944. The predicted octanol–water partition coefficient (Wildman–Crippen LogP) is 2.48. The summed E-state index contributed by atoms with van der Waals surface area (Å²) in [5, 5.41) is 11.4. The lowest BCUT2D eigenvalue weighted by Crippen LogP contribution is -2.32. The zero-order valence-corrected chi connectivity index (χ0v) is 13.5. The number of ether oxygens (including phenoxy) is 1. The second kappa shape index (κ2) is 6.61. The minimum absolute atomic E-state index is 0.0878. The molecule has 1 atom stereocenters. The number of fused-ring (bicyclic) bond motifs is 1. The van der Waals surface area contributed by atoms with Gasteiger partial charge in [-0.1, -0.05) is 12.1 Å². The van der Waals surface area contributed by atoms with Gasteiger partial charge in [-0.2, -0.15) is 0 Å². The number of amides is 1. The second-order valence-electron chi connectivity index (χ2n) is 6.33. The maximum absolute atomic E-state index is 13.0. The lowest BCUT2D eigenvalue weighted by atomic mass is 9.91. The molecule has 2 aromatic carbocycles. The van der Waals surface area contributed by atoms with Crippen molar-refractivity contribution in [2.75, 3.05) is 13.2 Å². The van der Waals surface area contributed by atoms with Crippen LogP contribution in [0, 0.1) is 5.82 Å². The molecule has 2 N–H and O–H groups in total. The van der Waals surface area contributed by atoms with Crippen LogP contribution in [0.4, 0.5) is 4.39 Å². The van der Waals surface area contributed by atoms with Crippen LogP contribution in [-0.2, 0) is 12.8 Å². The highest BCUT2D eigenvalue weighted by Gasteiger charge is 2.35. The van der Waals surface area contributed by atoms with E-state index >= 15 is 0 Å². The minimum atomic E-state index is -0.416. The Bertz CT molecular complexity index is 745. The summed E-state index contributed by atoms with van der Waals surface area (Å²) in [6.45, 7) is 2.16. The third-order valence-electron chi connectivity index (χ3n) is 4.13. The monoisotopic (exact) mass is 329 g/mol. The summed E-state index contributed by atoms with van der Waals surface area (Å²) in [6, 6.07) is 11.8. The number of hydrogen-bond acceptors (Lipinski definition) is 3. The topological polar surface area (TPSA) is 58.6 Å². The van der Waals surface area contributed by atoms with Crippen molar-refractivity contribution in [2.24, 2.45) is 0 Å². The third-order valence-corrected chi connectivity index (χ3v) is 4.13. The first-order chi connectivity index (χ1) is 11.5. The number of halogens is 1. The molecule has 0 bridgehead atoms. The van der Waals surface area contributed by atoms with E-state index in [1.54, 1.807) is 24.3 Å². The Morgan fingerprint density at radius 3 is 2.75 bits per heavy atom. The first-order valence-electron chi connectivity index (χ1n) is 7.94. The number of nitrogens with one attached hydrogen (secondary N) is 1. The Balaban J connectivity index is 1.73. The van der Waals surface area contributed by atoms with Gasteiger partial charge in [0.25, 0.3) is 5.91 Å². The zero-order chi connectivity index (χ0) is 17.2. The van der Waals surface area contributed by atoms with Gasteiger partial charge >= 0.3 is 0 Å². The average molecular weight is 329 g/mol. The summed E-state index contributed by atoms with van der Waals surface area (Å²) in [5.74, 6) is 0.315. The predicted molar refractivity (Wildman–Crippen MR) is 88.7 cm³/mol. The Hall–Kier alpha value is -2.40. The summed E-state index contributed by atoms with van der Waals surface area (Å²) in [4.78, 5) is 12.0. The van der Waals surface area contributed by atoms with Crippen LogP contribution in [0.15, 0.2) is 42.5 Å². The van der Waals surface area contributed by atoms with Crippen molar-refractivity contribution in [1.29, 1.82) is 0 Å². The van der Waals surface area contributed by atoms with Crippen molar-refractivity contribution in [3.05, 3.63) is 65.0 Å². The van der Waals surface area contributed by atoms with Gasteiger partial charge in [-0.25, -0.2) is 4.39 Å². The highest BCUT2D eigenvalue weighted by molar-refractivity contribution is 5.94. The van der Waals surface area contributed by atoms with Crippen molar-refractivity contribution < 1.29 is 19.0 Å². The van der Waals surface area contributed by atoms with E-state index in [0.29, 0.717) is 18.4 Å². The smallest absolute Gasteiger partial charge is 0.251 e. The Labute approximate surface area is 140 Å². The Morgan fingerprint density at radius 1 is 1.29 bits per heavy atom. The van der Waals surface area contributed by atoms with E-state index in [9.17, 15) is 9.18 Å². The van der Waals surface area contributed by atoms with E-state index < -0.39 is 5.60 Å². The summed E-state index contributed by atoms with van der Waals surface area (Å²) >= 11 is 0. The van der Waals surface area contributed by atoms with E-state index in [-0.39, 0.29) is 24.9 Å². The van der Waals surface area contributed by atoms with Crippen molar-refractivity contribution in [3.63, 3.8) is 0 Å². The van der Waals surface area contributed by atoms with Gasteiger partial charge in [0.2, 0.25) is 0 Å². The molecular weight excluding hydrogens is 309 g/mol. The standard InChI is InChI=1S/C19H20FNO3/c1-19(11-13-2-5-16(20)6-3-13)12-15-10-14(4-7-17(15)24-19)18(23)21-8-9-22/h2-7,10,22H,8-9,11-12H2,1H3,(H,21,23)/t19-/m0/s1. The van der Waals surface area contributed by atoms with E-state index in [0.717, 1.165) is 16.9 Å². The highest BCUT2D eigenvalue weighted by Crippen LogP contribution is 2.37. The van der Waals surface area contributed by atoms with Crippen LogP contribution in [0.1, 0.15) is 28.4 Å². The fourth-order valence-corrected chi connectivity index (χ4v) is 3.07. The van der Waals surface area contributed by atoms with Gasteiger partial charge < -0.3 is 15.2 Å². The van der Waals surface area contributed by atoms with Gasteiger partial charge in [0.05, 0.1) is 6.61 Å².